The van der Waals surface area contributed by atoms with Gasteiger partial charge in [-0.1, -0.05) is 51.2 Å². The Labute approximate surface area is 212 Å². The van der Waals surface area contributed by atoms with E-state index in [1.165, 1.54) is 39.8 Å². The van der Waals surface area contributed by atoms with Crippen LogP contribution in [0.5, 0.6) is 0 Å². The van der Waals surface area contributed by atoms with Crippen molar-refractivity contribution < 1.29 is 24.7 Å². The summed E-state index contributed by atoms with van der Waals surface area (Å²) in [6.45, 7) is 0. The number of carboxylic acids is 1. The molecule has 2 amide bonds. The standard InChI is InChI=1S/C16H15ClN8O5S4/c17-10-7(21-14(18)33-10)8(24-30)11(26)20-6-4-1-2-5(9(13(28)29)25(4)12(6)27)31-3-32-16-23-22-15(19)34-16/h4,6,30H,1-3H2,(H2,18,21)(H2,19,22)(H,20,26)(H,28,29)/b24-8-/t4?,6-/m0/s1. The number of β-lactam (4-membered cyclic amide) rings is 1. The number of nitrogens with zero attached hydrogens (tertiary/aromatic N) is 5. The van der Waals surface area contributed by atoms with Crippen LogP contribution in [0.1, 0.15) is 18.5 Å². The number of rotatable bonds is 8. The Bertz CT molecular complexity index is 1230. The summed E-state index contributed by atoms with van der Waals surface area (Å²) in [6.07, 6.45) is 0.837. The van der Waals surface area contributed by atoms with Crippen LogP contribution in [0.3, 0.4) is 0 Å². The topological polar surface area (TPSA) is 210 Å². The molecule has 1 fully saturated rings. The van der Waals surface area contributed by atoms with Gasteiger partial charge in [0.2, 0.25) is 5.13 Å². The number of hydrogen-bond donors (Lipinski definition) is 5. The van der Waals surface area contributed by atoms with Gasteiger partial charge in [0.15, 0.2) is 15.2 Å². The van der Waals surface area contributed by atoms with Gasteiger partial charge < -0.3 is 27.1 Å². The highest BCUT2D eigenvalue weighted by atomic mass is 35.5. The molecule has 2 aromatic heterocycles. The molecule has 0 radical (unpaired) electrons. The molecule has 4 heterocycles. The monoisotopic (exact) mass is 562 g/mol. The summed E-state index contributed by atoms with van der Waals surface area (Å²) >= 11 is 10.8. The fraction of sp³-hybridized carbons (Fsp3) is 0.312. The highest BCUT2D eigenvalue weighted by Crippen LogP contribution is 2.42. The van der Waals surface area contributed by atoms with Gasteiger partial charge in [-0.2, -0.15) is 0 Å². The summed E-state index contributed by atoms with van der Waals surface area (Å²) in [5, 5.41) is 33.0. The second-order valence-corrected chi connectivity index (χ2v) is 12.1. The van der Waals surface area contributed by atoms with E-state index in [1.807, 2.05) is 0 Å². The first kappa shape index (κ1) is 24.5. The van der Waals surface area contributed by atoms with E-state index in [1.54, 1.807) is 0 Å². The molecular formula is C16H15ClN8O5S4. The normalized spacial score (nSPS) is 20.2. The SMILES string of the molecule is Nc1nnc(SCSC2=C(C(=O)O)N3C(=O)[C@@H](NC(=O)/C(=N\O)c4nc(N)sc4Cl)C3CC2)s1. The molecule has 0 bridgehead atoms. The van der Waals surface area contributed by atoms with Gasteiger partial charge in [-0.15, -0.1) is 22.0 Å². The minimum atomic E-state index is -1.24. The smallest absolute Gasteiger partial charge is 0.353 e. The lowest BCUT2D eigenvalue weighted by Crippen LogP contribution is -2.72. The maximum Gasteiger partial charge on any atom is 0.353 e. The van der Waals surface area contributed by atoms with Crippen molar-refractivity contribution in [1.82, 2.24) is 25.4 Å². The van der Waals surface area contributed by atoms with Crippen LogP contribution in [-0.2, 0) is 14.4 Å². The van der Waals surface area contributed by atoms with Crippen LogP contribution in [0.4, 0.5) is 10.3 Å². The zero-order valence-electron chi connectivity index (χ0n) is 16.8. The first-order chi connectivity index (χ1) is 16.2. The minimum Gasteiger partial charge on any atom is -0.477 e. The highest BCUT2D eigenvalue weighted by Gasteiger charge is 2.53. The van der Waals surface area contributed by atoms with Crippen molar-refractivity contribution in [1.29, 1.82) is 0 Å². The van der Waals surface area contributed by atoms with Crippen LogP contribution in [0.15, 0.2) is 20.1 Å². The number of nitrogen functional groups attached to an aromatic ring is 2. The lowest BCUT2D eigenvalue weighted by Gasteiger charge is -2.50. The molecule has 0 aliphatic carbocycles. The quantitative estimate of drug-likeness (QED) is 0.0768. The zero-order valence-corrected chi connectivity index (χ0v) is 20.8. The predicted octanol–water partition coefficient (Wildman–Crippen LogP) is 1.26. The molecule has 1 unspecified atom stereocenters. The van der Waals surface area contributed by atoms with E-state index < -0.39 is 35.6 Å². The van der Waals surface area contributed by atoms with Crippen molar-refractivity contribution >= 4 is 91.6 Å². The summed E-state index contributed by atoms with van der Waals surface area (Å²) in [7, 11) is 0. The molecule has 13 nitrogen and oxygen atoms in total. The summed E-state index contributed by atoms with van der Waals surface area (Å²) in [5.41, 5.74) is 10.4. The third-order valence-corrected chi connectivity index (χ3v) is 9.11. The number of thiazole rings is 1. The van der Waals surface area contributed by atoms with Gasteiger partial charge >= 0.3 is 5.97 Å². The zero-order chi connectivity index (χ0) is 24.6. The predicted molar refractivity (Wildman–Crippen MR) is 129 cm³/mol. The summed E-state index contributed by atoms with van der Waals surface area (Å²) in [6, 6.07) is -1.54. The number of hydrogen-bond acceptors (Lipinski definition) is 14. The molecule has 0 saturated carbocycles. The maximum absolute atomic E-state index is 12.8. The third kappa shape index (κ3) is 4.65. The van der Waals surface area contributed by atoms with Crippen LogP contribution in [-0.4, -0.2) is 71.1 Å². The lowest BCUT2D eigenvalue weighted by molar-refractivity contribution is -0.155. The molecule has 1 saturated heterocycles. The molecule has 34 heavy (non-hydrogen) atoms. The average Bonchev–Trinajstić information content (AvgIpc) is 3.35. The fourth-order valence-corrected chi connectivity index (χ4v) is 7.56. The number of thioether (sulfide) groups is 2. The van der Waals surface area contributed by atoms with E-state index in [0.717, 1.165) is 11.3 Å². The Hall–Kier alpha value is -2.60. The van der Waals surface area contributed by atoms with Crippen LogP contribution in [0.2, 0.25) is 4.34 Å². The lowest BCUT2D eigenvalue weighted by atomic mass is 9.86. The summed E-state index contributed by atoms with van der Waals surface area (Å²) in [4.78, 5) is 43.0. The molecule has 2 aliphatic rings. The van der Waals surface area contributed by atoms with Crippen LogP contribution < -0.4 is 16.8 Å². The van der Waals surface area contributed by atoms with Crippen molar-refractivity contribution in [3.05, 3.63) is 20.6 Å². The van der Waals surface area contributed by atoms with E-state index in [4.69, 9.17) is 23.1 Å². The molecule has 18 heteroatoms. The van der Waals surface area contributed by atoms with Crippen molar-refractivity contribution in [3.63, 3.8) is 0 Å². The molecule has 7 N–H and O–H groups in total. The molecule has 4 rings (SSSR count). The molecular weight excluding hydrogens is 548 g/mol. The van der Waals surface area contributed by atoms with Crippen molar-refractivity contribution in [2.45, 2.75) is 29.3 Å². The summed E-state index contributed by atoms with van der Waals surface area (Å²) in [5.74, 6) is -2.71. The van der Waals surface area contributed by atoms with E-state index >= 15 is 0 Å². The van der Waals surface area contributed by atoms with Gasteiger partial charge in [0.25, 0.3) is 11.8 Å². The van der Waals surface area contributed by atoms with E-state index in [2.05, 4.69) is 25.7 Å². The van der Waals surface area contributed by atoms with Gasteiger partial charge in [0.1, 0.15) is 21.8 Å². The number of anilines is 2. The van der Waals surface area contributed by atoms with Crippen LogP contribution >= 0.6 is 57.8 Å². The van der Waals surface area contributed by atoms with Crippen molar-refractivity contribution in [2.24, 2.45) is 5.16 Å². The minimum absolute atomic E-state index is 0.0477. The van der Waals surface area contributed by atoms with Crippen molar-refractivity contribution in [3.8, 4) is 0 Å². The number of amides is 2. The van der Waals surface area contributed by atoms with E-state index in [9.17, 15) is 24.7 Å². The fourth-order valence-electron chi connectivity index (χ4n) is 3.47. The largest absolute Gasteiger partial charge is 0.477 e. The summed E-state index contributed by atoms with van der Waals surface area (Å²) < 4.78 is 0.703. The number of fused-ring (bicyclic) bond motifs is 1. The molecule has 2 aromatic rings. The van der Waals surface area contributed by atoms with Gasteiger partial charge in [-0.05, 0) is 12.8 Å². The Balaban J connectivity index is 1.45. The number of carbonyl (C=O) groups is 3. The molecule has 2 aliphatic heterocycles. The number of carbonyl (C=O) groups excluding carboxylic acids is 2. The first-order valence-corrected chi connectivity index (χ1v) is 13.3. The van der Waals surface area contributed by atoms with Gasteiger partial charge in [-0.25, -0.2) is 9.78 Å². The van der Waals surface area contributed by atoms with Gasteiger partial charge in [-0.3, -0.25) is 14.5 Å². The number of allylic oxidation sites excluding steroid dienone is 1. The molecule has 180 valence electrons. The Morgan fingerprint density at radius 1 is 1.26 bits per heavy atom. The Morgan fingerprint density at radius 3 is 2.62 bits per heavy atom. The van der Waals surface area contributed by atoms with Gasteiger partial charge in [0.05, 0.1) is 11.1 Å². The Kier molecular flexibility index (Phi) is 7.17. The van der Waals surface area contributed by atoms with E-state index in [0.29, 0.717) is 32.3 Å². The number of aliphatic carboxylic acids is 1. The maximum atomic E-state index is 12.8. The molecule has 0 aromatic carbocycles. The van der Waals surface area contributed by atoms with Gasteiger partial charge in [0, 0.05) is 4.91 Å². The molecule has 0 spiro atoms. The number of halogens is 1. The first-order valence-electron chi connectivity index (χ1n) is 9.30. The number of nitrogens with one attached hydrogen (secondary N) is 1. The van der Waals surface area contributed by atoms with Crippen LogP contribution in [0.25, 0.3) is 0 Å². The van der Waals surface area contributed by atoms with Crippen molar-refractivity contribution in [2.75, 3.05) is 16.6 Å². The average molecular weight is 563 g/mol. The number of carboxylic acid groups (broad SMARTS) is 1. The second kappa shape index (κ2) is 9.95. The number of nitrogens with two attached hydrogens (primary N) is 2. The molecule has 2 atom stereocenters. The highest BCUT2D eigenvalue weighted by molar-refractivity contribution is 8.18. The van der Waals surface area contributed by atoms with E-state index in [-0.39, 0.29) is 20.9 Å². The number of aromatic nitrogens is 3. The van der Waals surface area contributed by atoms with Crippen LogP contribution in [0, 0.1) is 0 Å². The third-order valence-electron chi connectivity index (χ3n) is 4.86. The Morgan fingerprint density at radius 2 is 2.03 bits per heavy atom. The second-order valence-electron chi connectivity index (χ2n) is 6.78. The number of oxime groups is 1.